The Labute approximate surface area is 159 Å². The molecule has 1 atom stereocenters. The molecule has 26 heavy (non-hydrogen) atoms. The molecule has 5 heteroatoms. The van der Waals surface area contributed by atoms with E-state index >= 15 is 0 Å². The van der Waals surface area contributed by atoms with Crippen LogP contribution in [0.5, 0.6) is 0 Å². The standard InChI is InChI=1S/C21H37N3O2/c1-15(2)12-24(13-16(3)4)20-9-8-17(10-19(20)22)18(14-23(5)6)11-21(25)26-7/h8-10,15-16,18H,11-14,22H2,1-7H3. The highest BCUT2D eigenvalue weighted by atomic mass is 16.5. The van der Waals surface area contributed by atoms with Gasteiger partial charge in [0.15, 0.2) is 0 Å². The molecule has 0 saturated carbocycles. The van der Waals surface area contributed by atoms with Gasteiger partial charge < -0.3 is 20.3 Å². The van der Waals surface area contributed by atoms with Crippen LogP contribution in [0.2, 0.25) is 0 Å². The first-order chi connectivity index (χ1) is 12.1. The number of likely N-dealkylation sites (N-methyl/N-ethyl adjacent to an activating group) is 1. The zero-order chi connectivity index (χ0) is 19.9. The third-order valence-corrected chi connectivity index (χ3v) is 4.26. The molecule has 0 radical (unpaired) electrons. The lowest BCUT2D eigenvalue weighted by atomic mass is 9.94. The van der Waals surface area contributed by atoms with E-state index in [-0.39, 0.29) is 11.9 Å². The molecule has 0 spiro atoms. The minimum Gasteiger partial charge on any atom is -0.469 e. The van der Waals surface area contributed by atoms with Gasteiger partial charge in [-0.1, -0.05) is 33.8 Å². The molecule has 1 aromatic rings. The first kappa shape index (κ1) is 22.3. The predicted molar refractivity (Wildman–Crippen MR) is 111 cm³/mol. The summed E-state index contributed by atoms with van der Waals surface area (Å²) in [6.07, 6.45) is 0.356. The molecule has 1 unspecified atom stereocenters. The van der Waals surface area contributed by atoms with Crippen LogP contribution in [-0.4, -0.2) is 51.7 Å². The van der Waals surface area contributed by atoms with E-state index in [1.807, 2.05) is 20.2 Å². The second-order valence-electron chi connectivity index (χ2n) is 8.25. The lowest BCUT2D eigenvalue weighted by molar-refractivity contribution is -0.141. The molecular formula is C21H37N3O2. The van der Waals surface area contributed by atoms with Crippen LogP contribution in [0.25, 0.3) is 0 Å². The summed E-state index contributed by atoms with van der Waals surface area (Å²) in [7, 11) is 5.45. The van der Waals surface area contributed by atoms with Crippen LogP contribution in [0.3, 0.4) is 0 Å². The molecule has 0 heterocycles. The number of nitrogens with zero attached hydrogens (tertiary/aromatic N) is 2. The third kappa shape index (κ3) is 7.24. The Morgan fingerprint density at radius 3 is 2.08 bits per heavy atom. The molecule has 0 aromatic heterocycles. The number of rotatable bonds is 10. The molecule has 5 nitrogen and oxygen atoms in total. The average Bonchev–Trinajstić information content (AvgIpc) is 2.52. The van der Waals surface area contributed by atoms with Gasteiger partial charge in [-0.25, -0.2) is 0 Å². The van der Waals surface area contributed by atoms with Crippen molar-refractivity contribution in [1.82, 2.24) is 4.90 Å². The number of esters is 1. The van der Waals surface area contributed by atoms with Crippen molar-refractivity contribution in [2.45, 2.75) is 40.0 Å². The summed E-state index contributed by atoms with van der Waals surface area (Å²) in [5.74, 6) is 1.00. The highest BCUT2D eigenvalue weighted by molar-refractivity contribution is 5.72. The number of ether oxygens (including phenoxy) is 1. The molecule has 1 rings (SSSR count). The number of nitrogen functional groups attached to an aromatic ring is 1. The molecule has 0 fully saturated rings. The largest absolute Gasteiger partial charge is 0.469 e. The number of nitrogens with two attached hydrogens (primary N) is 1. The van der Waals surface area contributed by atoms with E-state index in [1.165, 1.54) is 7.11 Å². The van der Waals surface area contributed by atoms with Crippen LogP contribution >= 0.6 is 0 Å². The molecule has 2 N–H and O–H groups in total. The first-order valence-electron chi connectivity index (χ1n) is 9.49. The number of benzene rings is 1. The minimum atomic E-state index is -0.194. The van der Waals surface area contributed by atoms with E-state index in [0.29, 0.717) is 18.3 Å². The second-order valence-corrected chi connectivity index (χ2v) is 8.25. The van der Waals surface area contributed by atoms with Crippen LogP contribution in [-0.2, 0) is 9.53 Å². The Morgan fingerprint density at radius 1 is 1.08 bits per heavy atom. The van der Waals surface area contributed by atoms with Crippen LogP contribution in [0.15, 0.2) is 18.2 Å². The van der Waals surface area contributed by atoms with Gasteiger partial charge in [0.1, 0.15) is 0 Å². The number of hydrogen-bond donors (Lipinski definition) is 1. The summed E-state index contributed by atoms with van der Waals surface area (Å²) in [6, 6.07) is 6.24. The second kappa shape index (κ2) is 10.4. The summed E-state index contributed by atoms with van der Waals surface area (Å²) in [6.45, 7) is 11.6. The summed E-state index contributed by atoms with van der Waals surface area (Å²) in [5, 5.41) is 0. The topological polar surface area (TPSA) is 58.8 Å². The van der Waals surface area contributed by atoms with E-state index in [2.05, 4.69) is 49.6 Å². The molecule has 0 aliphatic rings. The Balaban J connectivity index is 3.12. The Morgan fingerprint density at radius 2 is 1.65 bits per heavy atom. The summed E-state index contributed by atoms with van der Waals surface area (Å²) in [5.41, 5.74) is 9.37. The van der Waals surface area contributed by atoms with Crippen molar-refractivity contribution in [3.63, 3.8) is 0 Å². The Kier molecular flexibility index (Phi) is 8.93. The summed E-state index contributed by atoms with van der Waals surface area (Å²) < 4.78 is 4.87. The fourth-order valence-electron chi connectivity index (χ4n) is 3.28. The predicted octanol–water partition coefficient (Wildman–Crippen LogP) is 3.60. The van der Waals surface area contributed by atoms with Gasteiger partial charge in [0.25, 0.3) is 0 Å². The smallest absolute Gasteiger partial charge is 0.306 e. The minimum absolute atomic E-state index is 0.0671. The molecule has 0 aliphatic heterocycles. The van der Waals surface area contributed by atoms with Crippen LogP contribution in [0.1, 0.15) is 45.6 Å². The van der Waals surface area contributed by atoms with E-state index < -0.39 is 0 Å². The molecular weight excluding hydrogens is 326 g/mol. The first-order valence-corrected chi connectivity index (χ1v) is 9.49. The third-order valence-electron chi connectivity index (χ3n) is 4.26. The van der Waals surface area contributed by atoms with Gasteiger partial charge >= 0.3 is 5.97 Å². The fourth-order valence-corrected chi connectivity index (χ4v) is 3.28. The van der Waals surface area contributed by atoms with E-state index in [1.54, 1.807) is 0 Å². The van der Waals surface area contributed by atoms with Crippen molar-refractivity contribution in [1.29, 1.82) is 0 Å². The van der Waals surface area contributed by atoms with Crippen LogP contribution < -0.4 is 10.6 Å². The van der Waals surface area contributed by atoms with Gasteiger partial charge in [-0.2, -0.15) is 0 Å². The number of carbonyl (C=O) groups excluding carboxylic acids is 1. The van der Waals surface area contributed by atoms with Gasteiger partial charge in [0.2, 0.25) is 0 Å². The number of anilines is 2. The van der Waals surface area contributed by atoms with Crippen molar-refractivity contribution < 1.29 is 9.53 Å². The maximum Gasteiger partial charge on any atom is 0.306 e. The Bertz CT molecular complexity index is 560. The summed E-state index contributed by atoms with van der Waals surface area (Å²) in [4.78, 5) is 16.3. The van der Waals surface area contributed by atoms with Crippen molar-refractivity contribution in [2.75, 3.05) is 51.5 Å². The maximum absolute atomic E-state index is 11.8. The van der Waals surface area contributed by atoms with Crippen molar-refractivity contribution in [3.05, 3.63) is 23.8 Å². The molecule has 0 amide bonds. The van der Waals surface area contributed by atoms with Gasteiger partial charge in [-0.15, -0.1) is 0 Å². The van der Waals surface area contributed by atoms with Gasteiger partial charge in [0.05, 0.1) is 24.9 Å². The van der Waals surface area contributed by atoms with Crippen molar-refractivity contribution in [2.24, 2.45) is 11.8 Å². The fraction of sp³-hybridized carbons (Fsp3) is 0.667. The zero-order valence-corrected chi connectivity index (χ0v) is 17.6. The number of hydrogen-bond acceptors (Lipinski definition) is 5. The quantitative estimate of drug-likeness (QED) is 0.508. The lowest BCUT2D eigenvalue weighted by Gasteiger charge is -2.30. The Hall–Kier alpha value is -1.75. The monoisotopic (exact) mass is 363 g/mol. The van der Waals surface area contributed by atoms with Crippen LogP contribution in [0, 0.1) is 11.8 Å². The molecule has 148 valence electrons. The molecule has 0 aliphatic carbocycles. The highest BCUT2D eigenvalue weighted by Crippen LogP contribution is 2.30. The van der Waals surface area contributed by atoms with E-state index in [0.717, 1.165) is 36.6 Å². The van der Waals surface area contributed by atoms with E-state index in [4.69, 9.17) is 10.5 Å². The number of carbonyl (C=O) groups is 1. The van der Waals surface area contributed by atoms with Gasteiger partial charge in [-0.05, 0) is 43.6 Å². The van der Waals surface area contributed by atoms with Crippen molar-refractivity contribution >= 4 is 17.3 Å². The normalized spacial score (nSPS) is 12.7. The van der Waals surface area contributed by atoms with Crippen molar-refractivity contribution in [3.8, 4) is 0 Å². The lowest BCUT2D eigenvalue weighted by Crippen LogP contribution is -2.32. The molecule has 0 saturated heterocycles. The number of methoxy groups -OCH3 is 1. The highest BCUT2D eigenvalue weighted by Gasteiger charge is 2.20. The average molecular weight is 364 g/mol. The summed E-state index contributed by atoms with van der Waals surface area (Å²) >= 11 is 0. The molecule has 0 bridgehead atoms. The van der Waals surface area contributed by atoms with Gasteiger partial charge in [-0.3, -0.25) is 4.79 Å². The SMILES string of the molecule is COC(=O)CC(CN(C)C)c1ccc(N(CC(C)C)CC(C)C)c(N)c1. The molecule has 1 aromatic carbocycles. The van der Waals surface area contributed by atoms with E-state index in [9.17, 15) is 4.79 Å². The maximum atomic E-state index is 11.8. The zero-order valence-electron chi connectivity index (χ0n) is 17.6. The van der Waals surface area contributed by atoms with Gasteiger partial charge in [0, 0.05) is 25.6 Å². The van der Waals surface area contributed by atoms with Crippen LogP contribution in [0.4, 0.5) is 11.4 Å².